The van der Waals surface area contributed by atoms with E-state index in [9.17, 15) is 0 Å². The highest BCUT2D eigenvalue weighted by molar-refractivity contribution is 5.43. The Balaban J connectivity index is 1.91. The van der Waals surface area contributed by atoms with E-state index in [0.29, 0.717) is 12.6 Å². The van der Waals surface area contributed by atoms with Gasteiger partial charge in [-0.2, -0.15) is 0 Å². The molecule has 0 aliphatic heterocycles. The molecule has 0 aliphatic rings. The number of hydrogen-bond acceptors (Lipinski definition) is 3. The molecule has 0 bridgehead atoms. The highest BCUT2D eigenvalue weighted by Gasteiger charge is 2.07. The molecule has 0 radical (unpaired) electrons. The van der Waals surface area contributed by atoms with Gasteiger partial charge in [-0.1, -0.05) is 43.3 Å². The second kappa shape index (κ2) is 9.21. The fourth-order valence-electron chi connectivity index (χ4n) is 2.30. The van der Waals surface area contributed by atoms with E-state index in [-0.39, 0.29) is 0 Å². The average molecular weight is 313 g/mol. The van der Waals surface area contributed by atoms with E-state index in [1.54, 1.807) is 7.11 Å². The third kappa shape index (κ3) is 5.61. The van der Waals surface area contributed by atoms with Crippen molar-refractivity contribution < 1.29 is 9.47 Å². The van der Waals surface area contributed by atoms with E-state index in [0.717, 1.165) is 30.9 Å². The topological polar surface area (TPSA) is 30.5 Å². The zero-order chi connectivity index (χ0) is 16.5. The van der Waals surface area contributed by atoms with Crippen molar-refractivity contribution in [3.05, 3.63) is 59.7 Å². The Morgan fingerprint density at radius 1 is 1.00 bits per heavy atom. The van der Waals surface area contributed by atoms with Crippen LogP contribution < -0.4 is 14.8 Å². The van der Waals surface area contributed by atoms with Crippen molar-refractivity contribution >= 4 is 0 Å². The fourth-order valence-corrected chi connectivity index (χ4v) is 2.30. The van der Waals surface area contributed by atoms with Gasteiger partial charge >= 0.3 is 0 Å². The predicted molar refractivity (Wildman–Crippen MR) is 95.2 cm³/mol. The van der Waals surface area contributed by atoms with E-state index in [2.05, 4.69) is 49.5 Å². The first kappa shape index (κ1) is 17.4. The number of methoxy groups -OCH3 is 1. The Labute approximate surface area is 139 Å². The largest absolute Gasteiger partial charge is 0.493 e. The monoisotopic (exact) mass is 313 g/mol. The van der Waals surface area contributed by atoms with Gasteiger partial charge in [0.05, 0.1) is 13.7 Å². The smallest absolute Gasteiger partial charge is 0.161 e. The summed E-state index contributed by atoms with van der Waals surface area (Å²) in [5.41, 5.74) is 2.48. The third-order valence-electron chi connectivity index (χ3n) is 3.99. The van der Waals surface area contributed by atoms with Crippen LogP contribution in [-0.4, -0.2) is 19.8 Å². The van der Waals surface area contributed by atoms with Gasteiger partial charge in [0.25, 0.3) is 0 Å². The molecule has 2 aromatic rings. The van der Waals surface area contributed by atoms with Crippen molar-refractivity contribution in [2.75, 3.05) is 13.7 Å². The van der Waals surface area contributed by atoms with Crippen molar-refractivity contribution in [1.82, 2.24) is 5.32 Å². The molecule has 2 rings (SSSR count). The summed E-state index contributed by atoms with van der Waals surface area (Å²) in [6.45, 7) is 5.86. The molecule has 0 aromatic heterocycles. The number of rotatable bonds is 9. The molecule has 0 amide bonds. The first-order chi connectivity index (χ1) is 11.2. The van der Waals surface area contributed by atoms with E-state index in [1.165, 1.54) is 11.1 Å². The second-order valence-electron chi connectivity index (χ2n) is 5.76. The number of benzene rings is 2. The molecule has 0 saturated carbocycles. The van der Waals surface area contributed by atoms with Crippen molar-refractivity contribution in [3.8, 4) is 11.5 Å². The van der Waals surface area contributed by atoms with Gasteiger partial charge in [0, 0.05) is 19.0 Å². The van der Waals surface area contributed by atoms with Crippen LogP contribution in [0, 0.1) is 0 Å². The summed E-state index contributed by atoms with van der Waals surface area (Å²) in [4.78, 5) is 0. The van der Waals surface area contributed by atoms with Gasteiger partial charge < -0.3 is 14.8 Å². The second-order valence-corrected chi connectivity index (χ2v) is 5.76. The van der Waals surface area contributed by atoms with Crippen LogP contribution in [0.15, 0.2) is 48.5 Å². The van der Waals surface area contributed by atoms with Gasteiger partial charge in [-0.15, -0.1) is 0 Å². The maximum absolute atomic E-state index is 5.89. The molecule has 0 spiro atoms. The van der Waals surface area contributed by atoms with Crippen LogP contribution in [0.5, 0.6) is 11.5 Å². The zero-order valence-electron chi connectivity index (χ0n) is 14.3. The molecule has 0 aliphatic carbocycles. The molecule has 124 valence electrons. The average Bonchev–Trinajstić information content (AvgIpc) is 2.61. The van der Waals surface area contributed by atoms with Crippen LogP contribution in [0.25, 0.3) is 0 Å². The van der Waals surface area contributed by atoms with Gasteiger partial charge in [-0.3, -0.25) is 0 Å². The van der Waals surface area contributed by atoms with Crippen LogP contribution in [-0.2, 0) is 13.0 Å². The zero-order valence-corrected chi connectivity index (χ0v) is 14.3. The minimum absolute atomic E-state index is 0.516. The van der Waals surface area contributed by atoms with Crippen LogP contribution in [0.2, 0.25) is 0 Å². The molecule has 0 heterocycles. The molecule has 3 nitrogen and oxygen atoms in total. The molecular weight excluding hydrogens is 286 g/mol. The Morgan fingerprint density at radius 2 is 1.78 bits per heavy atom. The normalized spacial score (nSPS) is 12.0. The van der Waals surface area contributed by atoms with Crippen LogP contribution in [0.3, 0.4) is 0 Å². The summed E-state index contributed by atoms with van der Waals surface area (Å²) >= 11 is 0. The Hall–Kier alpha value is -2.00. The van der Waals surface area contributed by atoms with Gasteiger partial charge in [0.1, 0.15) is 0 Å². The fraction of sp³-hybridized carbons (Fsp3) is 0.400. The van der Waals surface area contributed by atoms with Gasteiger partial charge in [0.15, 0.2) is 11.5 Å². The summed E-state index contributed by atoms with van der Waals surface area (Å²) in [7, 11) is 1.69. The first-order valence-corrected chi connectivity index (χ1v) is 8.30. The molecular formula is C20H27NO2. The van der Waals surface area contributed by atoms with E-state index in [4.69, 9.17) is 9.47 Å². The molecule has 0 fully saturated rings. The van der Waals surface area contributed by atoms with E-state index >= 15 is 0 Å². The summed E-state index contributed by atoms with van der Waals surface area (Å²) in [6.07, 6.45) is 2.01. The highest BCUT2D eigenvalue weighted by atomic mass is 16.5. The molecule has 0 unspecified atom stereocenters. The summed E-state index contributed by atoms with van der Waals surface area (Å²) in [6, 6.07) is 17.0. The predicted octanol–water partition coefficient (Wildman–Crippen LogP) is 4.20. The lowest BCUT2D eigenvalue weighted by molar-refractivity contribution is 0.297. The summed E-state index contributed by atoms with van der Waals surface area (Å²) in [5.74, 6) is 1.59. The van der Waals surface area contributed by atoms with E-state index in [1.807, 2.05) is 18.2 Å². The molecule has 23 heavy (non-hydrogen) atoms. The maximum atomic E-state index is 5.89. The summed E-state index contributed by atoms with van der Waals surface area (Å²) in [5, 5.41) is 3.49. The van der Waals surface area contributed by atoms with Crippen LogP contribution in [0.4, 0.5) is 0 Å². The highest BCUT2D eigenvalue weighted by Crippen LogP contribution is 2.28. The van der Waals surface area contributed by atoms with Crippen LogP contribution >= 0.6 is 0 Å². The summed E-state index contributed by atoms with van der Waals surface area (Å²) < 4.78 is 11.4. The standard InChI is InChI=1S/C20H27NO2/c1-4-16(2)21-15-18-10-11-19(20(14-18)22-3)23-13-12-17-8-6-5-7-9-17/h5-11,14,16,21H,4,12-13,15H2,1-3H3/t16-/m0/s1. The molecule has 1 N–H and O–H groups in total. The van der Waals surface area contributed by atoms with Crippen molar-refractivity contribution in [3.63, 3.8) is 0 Å². The third-order valence-corrected chi connectivity index (χ3v) is 3.99. The minimum Gasteiger partial charge on any atom is -0.493 e. The Kier molecular flexibility index (Phi) is 6.95. The quantitative estimate of drug-likeness (QED) is 0.752. The first-order valence-electron chi connectivity index (χ1n) is 8.30. The number of nitrogens with one attached hydrogen (secondary N) is 1. The van der Waals surface area contributed by atoms with E-state index < -0.39 is 0 Å². The number of hydrogen-bond donors (Lipinski definition) is 1. The van der Waals surface area contributed by atoms with Gasteiger partial charge in [-0.05, 0) is 36.6 Å². The Morgan fingerprint density at radius 3 is 2.48 bits per heavy atom. The molecule has 0 saturated heterocycles. The van der Waals surface area contributed by atoms with Gasteiger partial charge in [0.2, 0.25) is 0 Å². The lowest BCUT2D eigenvalue weighted by Crippen LogP contribution is -2.24. The molecule has 1 atom stereocenters. The SMILES string of the molecule is CC[C@H](C)NCc1ccc(OCCc2ccccc2)c(OC)c1. The number of ether oxygens (including phenoxy) is 2. The molecule has 3 heteroatoms. The van der Waals surface area contributed by atoms with Crippen molar-refractivity contribution in [2.24, 2.45) is 0 Å². The van der Waals surface area contributed by atoms with Crippen molar-refractivity contribution in [2.45, 2.75) is 39.3 Å². The lowest BCUT2D eigenvalue weighted by atomic mass is 10.1. The Bertz CT molecular complexity index is 583. The maximum Gasteiger partial charge on any atom is 0.161 e. The molecule has 2 aromatic carbocycles. The lowest BCUT2D eigenvalue weighted by Gasteiger charge is -2.14. The van der Waals surface area contributed by atoms with Crippen LogP contribution in [0.1, 0.15) is 31.4 Å². The minimum atomic E-state index is 0.516. The van der Waals surface area contributed by atoms with Gasteiger partial charge in [-0.25, -0.2) is 0 Å². The van der Waals surface area contributed by atoms with Crippen molar-refractivity contribution in [1.29, 1.82) is 0 Å².